The molecule has 1 N–H and O–H groups in total. The molecule has 0 bridgehead atoms. The first-order valence-corrected chi connectivity index (χ1v) is 9.02. The zero-order valence-corrected chi connectivity index (χ0v) is 15.7. The number of nitrogens with zero attached hydrogens (tertiary/aromatic N) is 5. The Kier molecular flexibility index (Phi) is 5.56. The molecule has 3 rings (SSSR count). The number of hydrogen-bond acceptors (Lipinski definition) is 5. The molecule has 7 heteroatoms. The van der Waals surface area contributed by atoms with Gasteiger partial charge < -0.3 is 19.5 Å². The number of amides is 1. The zero-order chi connectivity index (χ0) is 18.7. The second kappa shape index (κ2) is 7.86. The van der Waals surface area contributed by atoms with Crippen LogP contribution in [0.1, 0.15) is 36.0 Å². The summed E-state index contributed by atoms with van der Waals surface area (Å²) >= 11 is 0. The summed E-state index contributed by atoms with van der Waals surface area (Å²) in [7, 11) is 6.02. The van der Waals surface area contributed by atoms with Gasteiger partial charge in [-0.25, -0.2) is 0 Å². The van der Waals surface area contributed by atoms with Crippen molar-refractivity contribution in [3.63, 3.8) is 0 Å². The number of aromatic hydroxyl groups is 1. The van der Waals surface area contributed by atoms with E-state index in [9.17, 15) is 9.90 Å². The van der Waals surface area contributed by atoms with E-state index in [1.54, 1.807) is 18.2 Å². The van der Waals surface area contributed by atoms with Crippen LogP contribution in [-0.4, -0.2) is 62.8 Å². The average molecular weight is 357 g/mol. The Balaban J connectivity index is 1.67. The molecule has 1 aromatic heterocycles. The van der Waals surface area contributed by atoms with Crippen LogP contribution in [0.3, 0.4) is 0 Å². The highest BCUT2D eigenvalue weighted by atomic mass is 16.3. The molecule has 0 saturated carbocycles. The highest BCUT2D eigenvalue weighted by Gasteiger charge is 2.28. The third-order valence-corrected chi connectivity index (χ3v) is 4.86. The summed E-state index contributed by atoms with van der Waals surface area (Å²) in [5, 5.41) is 18.3. The Bertz CT molecular complexity index is 771. The maximum atomic E-state index is 12.7. The third-order valence-electron chi connectivity index (χ3n) is 4.86. The number of benzene rings is 1. The number of piperidine rings is 1. The zero-order valence-electron chi connectivity index (χ0n) is 15.7. The number of rotatable bonds is 5. The van der Waals surface area contributed by atoms with E-state index in [2.05, 4.69) is 19.7 Å². The molecule has 1 aromatic carbocycles. The number of hydrogen-bond donors (Lipinski definition) is 1. The van der Waals surface area contributed by atoms with Crippen molar-refractivity contribution in [2.45, 2.75) is 31.7 Å². The predicted octanol–water partition coefficient (Wildman–Crippen LogP) is 1.53. The van der Waals surface area contributed by atoms with E-state index in [1.165, 1.54) is 0 Å². The van der Waals surface area contributed by atoms with Crippen LogP contribution in [0.5, 0.6) is 5.75 Å². The number of carbonyl (C=O) groups is 1. The smallest absolute Gasteiger partial charge is 0.227 e. The number of likely N-dealkylation sites (tertiary alicyclic amines) is 1. The van der Waals surface area contributed by atoms with Crippen LogP contribution in [0.4, 0.5) is 0 Å². The molecule has 1 amide bonds. The van der Waals surface area contributed by atoms with Gasteiger partial charge in [-0.2, -0.15) is 0 Å². The lowest BCUT2D eigenvalue weighted by Crippen LogP contribution is -2.40. The van der Waals surface area contributed by atoms with Gasteiger partial charge >= 0.3 is 0 Å². The second-order valence-electron chi connectivity index (χ2n) is 7.30. The molecule has 0 aliphatic carbocycles. The Morgan fingerprint density at radius 1 is 1.35 bits per heavy atom. The maximum Gasteiger partial charge on any atom is 0.227 e. The molecule has 1 fully saturated rings. The lowest BCUT2D eigenvalue weighted by atomic mass is 9.96. The van der Waals surface area contributed by atoms with E-state index in [0.717, 1.165) is 43.1 Å². The molecule has 140 valence electrons. The van der Waals surface area contributed by atoms with Crippen molar-refractivity contribution in [2.75, 3.05) is 27.2 Å². The molecule has 1 aliphatic heterocycles. The SMILES string of the molecule is CN(C)Cc1nnc([C@@H]2CCCN(C(=O)Cc3cccc(O)c3)C2)n1C. The van der Waals surface area contributed by atoms with Gasteiger partial charge in [0.25, 0.3) is 0 Å². The molecule has 1 aliphatic rings. The van der Waals surface area contributed by atoms with Crippen molar-refractivity contribution in [3.8, 4) is 5.75 Å². The summed E-state index contributed by atoms with van der Waals surface area (Å²) in [4.78, 5) is 16.7. The highest BCUT2D eigenvalue weighted by molar-refractivity contribution is 5.79. The number of phenols is 1. The van der Waals surface area contributed by atoms with Crippen LogP contribution >= 0.6 is 0 Å². The van der Waals surface area contributed by atoms with E-state index < -0.39 is 0 Å². The van der Waals surface area contributed by atoms with Gasteiger partial charge in [0.1, 0.15) is 17.4 Å². The normalized spacial score (nSPS) is 17.7. The van der Waals surface area contributed by atoms with Crippen LogP contribution in [0, 0.1) is 0 Å². The van der Waals surface area contributed by atoms with Crippen LogP contribution in [-0.2, 0) is 24.8 Å². The van der Waals surface area contributed by atoms with Crippen LogP contribution < -0.4 is 0 Å². The number of phenolic OH excluding ortho intramolecular Hbond substituents is 1. The van der Waals surface area contributed by atoms with Crippen molar-refractivity contribution in [3.05, 3.63) is 41.5 Å². The van der Waals surface area contributed by atoms with Crippen molar-refractivity contribution < 1.29 is 9.90 Å². The first-order valence-electron chi connectivity index (χ1n) is 9.02. The fraction of sp³-hybridized carbons (Fsp3) is 0.526. The predicted molar refractivity (Wildman–Crippen MR) is 98.8 cm³/mol. The molecule has 0 radical (unpaired) electrons. The van der Waals surface area contributed by atoms with Gasteiger partial charge in [-0.1, -0.05) is 12.1 Å². The molecule has 26 heavy (non-hydrogen) atoms. The monoisotopic (exact) mass is 357 g/mol. The Morgan fingerprint density at radius 3 is 2.88 bits per heavy atom. The van der Waals surface area contributed by atoms with Crippen molar-refractivity contribution >= 4 is 5.91 Å². The van der Waals surface area contributed by atoms with E-state index in [0.29, 0.717) is 13.0 Å². The fourth-order valence-electron chi connectivity index (χ4n) is 3.52. The van der Waals surface area contributed by atoms with Gasteiger partial charge in [0.05, 0.1) is 13.0 Å². The minimum atomic E-state index is 0.0935. The third kappa shape index (κ3) is 4.22. The van der Waals surface area contributed by atoms with Crippen LogP contribution in [0.2, 0.25) is 0 Å². The second-order valence-corrected chi connectivity index (χ2v) is 7.30. The van der Waals surface area contributed by atoms with E-state index >= 15 is 0 Å². The molecule has 7 nitrogen and oxygen atoms in total. The molecule has 1 saturated heterocycles. The molecule has 2 heterocycles. The van der Waals surface area contributed by atoms with Gasteiger partial charge in [-0.3, -0.25) is 4.79 Å². The lowest BCUT2D eigenvalue weighted by molar-refractivity contribution is -0.131. The van der Waals surface area contributed by atoms with Gasteiger partial charge in [0.2, 0.25) is 5.91 Å². The maximum absolute atomic E-state index is 12.7. The number of aromatic nitrogens is 3. The van der Waals surface area contributed by atoms with E-state index in [-0.39, 0.29) is 17.6 Å². The Morgan fingerprint density at radius 2 is 2.15 bits per heavy atom. The summed E-state index contributed by atoms with van der Waals surface area (Å²) in [6.07, 6.45) is 2.29. The summed E-state index contributed by atoms with van der Waals surface area (Å²) in [5.74, 6) is 2.39. The van der Waals surface area contributed by atoms with E-state index in [4.69, 9.17) is 0 Å². The van der Waals surface area contributed by atoms with Crippen molar-refractivity contribution in [1.29, 1.82) is 0 Å². The summed E-state index contributed by atoms with van der Waals surface area (Å²) < 4.78 is 2.06. The molecule has 0 spiro atoms. The first kappa shape index (κ1) is 18.4. The molecule has 0 unspecified atom stereocenters. The van der Waals surface area contributed by atoms with Crippen molar-refractivity contribution in [2.24, 2.45) is 7.05 Å². The van der Waals surface area contributed by atoms with E-state index in [1.807, 2.05) is 32.1 Å². The standard InChI is InChI=1S/C19H27N5O2/c1-22(2)13-17-20-21-19(23(17)3)15-7-5-9-24(12-15)18(26)11-14-6-4-8-16(25)10-14/h4,6,8,10,15,25H,5,7,9,11-13H2,1-3H3/t15-/m1/s1. The fourth-order valence-corrected chi connectivity index (χ4v) is 3.52. The minimum Gasteiger partial charge on any atom is -0.508 e. The Hall–Kier alpha value is -2.41. The summed E-state index contributed by atoms with van der Waals surface area (Å²) in [5.41, 5.74) is 0.837. The van der Waals surface area contributed by atoms with Gasteiger partial charge in [0, 0.05) is 26.1 Å². The quantitative estimate of drug-likeness (QED) is 0.878. The van der Waals surface area contributed by atoms with Crippen molar-refractivity contribution in [1.82, 2.24) is 24.6 Å². The lowest BCUT2D eigenvalue weighted by Gasteiger charge is -2.32. The van der Waals surface area contributed by atoms with Crippen LogP contribution in [0.25, 0.3) is 0 Å². The summed E-state index contributed by atoms with van der Waals surface area (Å²) in [6, 6.07) is 6.90. The molecule has 2 aromatic rings. The minimum absolute atomic E-state index is 0.0935. The molecular formula is C19H27N5O2. The topological polar surface area (TPSA) is 74.5 Å². The average Bonchev–Trinajstić information content (AvgIpc) is 2.95. The molecular weight excluding hydrogens is 330 g/mol. The number of carbonyl (C=O) groups excluding carboxylic acids is 1. The van der Waals surface area contributed by atoms with Crippen LogP contribution in [0.15, 0.2) is 24.3 Å². The Labute approximate surface area is 154 Å². The molecule has 1 atom stereocenters. The van der Waals surface area contributed by atoms with Gasteiger partial charge in [-0.05, 0) is 44.6 Å². The first-order chi connectivity index (χ1) is 12.4. The summed E-state index contributed by atoms with van der Waals surface area (Å²) in [6.45, 7) is 2.19. The highest BCUT2D eigenvalue weighted by Crippen LogP contribution is 2.26. The van der Waals surface area contributed by atoms with Gasteiger partial charge in [0.15, 0.2) is 0 Å². The van der Waals surface area contributed by atoms with Gasteiger partial charge in [-0.15, -0.1) is 10.2 Å². The largest absolute Gasteiger partial charge is 0.508 e.